The molecule has 0 bridgehead atoms. The maximum absolute atomic E-state index is 5.96. The molecule has 0 aliphatic carbocycles. The van der Waals surface area contributed by atoms with E-state index < -0.39 is 5.79 Å². The molecule has 3 rings (SSSR count). The molecular formula is C21H25NO3. The fourth-order valence-corrected chi connectivity index (χ4v) is 2.83. The zero-order valence-electron chi connectivity index (χ0n) is 14.8. The van der Waals surface area contributed by atoms with Crippen molar-refractivity contribution in [1.82, 2.24) is 0 Å². The summed E-state index contributed by atoms with van der Waals surface area (Å²) in [4.78, 5) is 4.52. The minimum Gasteiger partial charge on any atom is -0.374 e. The molecule has 2 aromatic rings. The van der Waals surface area contributed by atoms with Gasteiger partial charge in [-0.1, -0.05) is 60.7 Å². The molecule has 0 saturated carbocycles. The van der Waals surface area contributed by atoms with E-state index in [0.29, 0.717) is 19.8 Å². The van der Waals surface area contributed by atoms with Gasteiger partial charge in [0.05, 0.1) is 19.8 Å². The van der Waals surface area contributed by atoms with Crippen LogP contribution in [0.15, 0.2) is 65.7 Å². The van der Waals surface area contributed by atoms with Crippen molar-refractivity contribution in [3.63, 3.8) is 0 Å². The molecule has 0 amide bonds. The van der Waals surface area contributed by atoms with Gasteiger partial charge in [0.25, 0.3) is 0 Å². The van der Waals surface area contributed by atoms with Crippen molar-refractivity contribution in [3.05, 3.63) is 71.8 Å². The third kappa shape index (κ3) is 5.49. The Bertz CT molecular complexity index is 670. The van der Waals surface area contributed by atoms with Crippen molar-refractivity contribution in [3.8, 4) is 0 Å². The van der Waals surface area contributed by atoms with Crippen molar-refractivity contribution >= 4 is 6.21 Å². The van der Waals surface area contributed by atoms with E-state index in [-0.39, 0.29) is 12.2 Å². The van der Waals surface area contributed by atoms with Crippen molar-refractivity contribution in [1.29, 1.82) is 0 Å². The zero-order valence-corrected chi connectivity index (χ0v) is 14.8. The van der Waals surface area contributed by atoms with E-state index in [4.69, 9.17) is 14.2 Å². The van der Waals surface area contributed by atoms with Gasteiger partial charge in [0.2, 0.25) is 0 Å². The van der Waals surface area contributed by atoms with E-state index in [0.717, 1.165) is 5.56 Å². The highest BCUT2D eigenvalue weighted by Crippen LogP contribution is 2.27. The van der Waals surface area contributed by atoms with Crippen LogP contribution in [0.25, 0.3) is 0 Å². The van der Waals surface area contributed by atoms with Crippen molar-refractivity contribution in [2.75, 3.05) is 6.61 Å². The normalized spacial score (nSPS) is 22.5. The molecule has 25 heavy (non-hydrogen) atoms. The van der Waals surface area contributed by atoms with E-state index in [9.17, 15) is 0 Å². The summed E-state index contributed by atoms with van der Waals surface area (Å²) in [6, 6.07) is 20.3. The van der Waals surface area contributed by atoms with Gasteiger partial charge in [-0.2, -0.15) is 0 Å². The molecule has 132 valence electrons. The molecule has 1 saturated heterocycles. The minimum atomic E-state index is -0.621. The zero-order chi connectivity index (χ0) is 17.5. The average molecular weight is 339 g/mol. The topological polar surface area (TPSA) is 40.0 Å². The van der Waals surface area contributed by atoms with Crippen LogP contribution in [-0.2, 0) is 27.4 Å². The Morgan fingerprint density at radius 2 is 1.60 bits per heavy atom. The Kier molecular flexibility index (Phi) is 5.97. The van der Waals surface area contributed by atoms with Gasteiger partial charge in [-0.15, -0.1) is 0 Å². The molecule has 0 spiro atoms. The summed E-state index contributed by atoms with van der Waals surface area (Å²) in [6.45, 7) is 5.51. The lowest BCUT2D eigenvalue weighted by Gasteiger charge is -2.16. The van der Waals surface area contributed by atoms with Crippen LogP contribution in [0.5, 0.6) is 0 Å². The SMILES string of the molecule is CC1(C)O[C@@H](C=NCc2ccccc2)[C@H](COCc2ccccc2)O1. The van der Waals surface area contributed by atoms with Crippen LogP contribution in [0.2, 0.25) is 0 Å². The maximum Gasteiger partial charge on any atom is 0.164 e. The first-order chi connectivity index (χ1) is 12.1. The molecule has 0 N–H and O–H groups in total. The fourth-order valence-electron chi connectivity index (χ4n) is 2.83. The largest absolute Gasteiger partial charge is 0.374 e. The Morgan fingerprint density at radius 1 is 0.960 bits per heavy atom. The van der Waals surface area contributed by atoms with E-state index >= 15 is 0 Å². The standard InChI is InChI=1S/C21H25NO3/c1-21(2)24-19(14-22-13-17-9-5-3-6-10-17)20(25-21)16-23-15-18-11-7-4-8-12-18/h3-12,14,19-20H,13,15-16H2,1-2H3/t19-,20-/m0/s1. The number of rotatable bonds is 7. The summed E-state index contributed by atoms with van der Waals surface area (Å²) in [5.41, 5.74) is 2.32. The Balaban J connectivity index is 1.53. The molecule has 0 aromatic heterocycles. The number of nitrogens with zero attached hydrogens (tertiary/aromatic N) is 1. The van der Waals surface area contributed by atoms with Gasteiger partial charge in [0.1, 0.15) is 12.2 Å². The number of hydrogen-bond acceptors (Lipinski definition) is 4. The first-order valence-corrected chi connectivity index (χ1v) is 8.63. The van der Waals surface area contributed by atoms with Gasteiger partial charge in [-0.3, -0.25) is 4.99 Å². The number of aliphatic imine (C=N–C) groups is 1. The van der Waals surface area contributed by atoms with Crippen LogP contribution < -0.4 is 0 Å². The summed E-state index contributed by atoms with van der Waals surface area (Å²) >= 11 is 0. The highest BCUT2D eigenvalue weighted by molar-refractivity contribution is 5.64. The third-order valence-corrected chi connectivity index (χ3v) is 3.98. The molecule has 1 heterocycles. The van der Waals surface area contributed by atoms with Crippen LogP contribution in [0.4, 0.5) is 0 Å². The highest BCUT2D eigenvalue weighted by Gasteiger charge is 2.40. The Labute approximate surface area is 149 Å². The van der Waals surface area contributed by atoms with E-state index in [2.05, 4.69) is 29.3 Å². The predicted molar refractivity (Wildman–Crippen MR) is 98.6 cm³/mol. The molecule has 1 aliphatic rings. The quantitative estimate of drug-likeness (QED) is 0.716. The summed E-state index contributed by atoms with van der Waals surface area (Å²) in [6.07, 6.45) is 1.49. The lowest BCUT2D eigenvalue weighted by Crippen LogP contribution is -2.29. The molecule has 1 aliphatic heterocycles. The highest BCUT2D eigenvalue weighted by atomic mass is 16.8. The second-order valence-electron chi connectivity index (χ2n) is 6.61. The second-order valence-corrected chi connectivity index (χ2v) is 6.61. The van der Waals surface area contributed by atoms with Crippen molar-refractivity contribution < 1.29 is 14.2 Å². The number of ether oxygens (including phenoxy) is 3. The molecule has 4 nitrogen and oxygen atoms in total. The Hall–Kier alpha value is -2.01. The van der Waals surface area contributed by atoms with Gasteiger partial charge in [0, 0.05) is 6.21 Å². The lowest BCUT2D eigenvalue weighted by molar-refractivity contribution is -0.147. The fraction of sp³-hybridized carbons (Fsp3) is 0.381. The molecule has 1 fully saturated rings. The van der Waals surface area contributed by atoms with Crippen molar-refractivity contribution in [2.24, 2.45) is 4.99 Å². The lowest BCUT2D eigenvalue weighted by atomic mass is 10.2. The average Bonchev–Trinajstić information content (AvgIpc) is 2.91. The number of benzene rings is 2. The smallest absolute Gasteiger partial charge is 0.164 e. The summed E-state index contributed by atoms with van der Waals surface area (Å²) < 4.78 is 17.7. The van der Waals surface area contributed by atoms with Crippen LogP contribution in [0.1, 0.15) is 25.0 Å². The molecule has 2 atom stereocenters. The second kappa shape index (κ2) is 8.39. The van der Waals surface area contributed by atoms with Crippen LogP contribution in [0, 0.1) is 0 Å². The molecule has 0 unspecified atom stereocenters. The monoisotopic (exact) mass is 339 g/mol. The van der Waals surface area contributed by atoms with E-state index in [1.807, 2.05) is 56.5 Å². The Morgan fingerprint density at radius 3 is 2.28 bits per heavy atom. The predicted octanol–water partition coefficient (Wildman–Crippen LogP) is 3.99. The molecule has 2 aromatic carbocycles. The first-order valence-electron chi connectivity index (χ1n) is 8.63. The summed E-state index contributed by atoms with van der Waals surface area (Å²) in [5.74, 6) is -0.621. The minimum absolute atomic E-state index is 0.154. The van der Waals surface area contributed by atoms with Crippen molar-refractivity contribution in [2.45, 2.75) is 45.0 Å². The molecular weight excluding hydrogens is 314 g/mol. The van der Waals surface area contributed by atoms with Crippen LogP contribution in [-0.4, -0.2) is 30.8 Å². The van der Waals surface area contributed by atoms with Gasteiger partial charge in [-0.25, -0.2) is 0 Å². The van der Waals surface area contributed by atoms with E-state index in [1.54, 1.807) is 0 Å². The van der Waals surface area contributed by atoms with Gasteiger partial charge >= 0.3 is 0 Å². The van der Waals surface area contributed by atoms with Gasteiger partial charge in [0.15, 0.2) is 5.79 Å². The number of hydrogen-bond donors (Lipinski definition) is 0. The third-order valence-electron chi connectivity index (χ3n) is 3.98. The maximum atomic E-state index is 5.96. The molecule has 4 heteroatoms. The van der Waals surface area contributed by atoms with E-state index in [1.165, 1.54) is 5.56 Å². The first kappa shape index (κ1) is 17.8. The summed E-state index contributed by atoms with van der Waals surface area (Å²) in [5, 5.41) is 0. The van der Waals surface area contributed by atoms with Crippen LogP contribution >= 0.6 is 0 Å². The molecule has 0 radical (unpaired) electrons. The van der Waals surface area contributed by atoms with Crippen LogP contribution in [0.3, 0.4) is 0 Å². The summed E-state index contributed by atoms with van der Waals surface area (Å²) in [7, 11) is 0. The van der Waals surface area contributed by atoms with Gasteiger partial charge < -0.3 is 14.2 Å². The van der Waals surface area contributed by atoms with Gasteiger partial charge in [-0.05, 0) is 25.0 Å².